The van der Waals surface area contributed by atoms with E-state index in [0.29, 0.717) is 16.9 Å². The number of nitrogens with two attached hydrogens (primary N) is 1. The number of H-pyrrole nitrogens is 1. The fraction of sp³-hybridized carbons (Fsp3) is 0.0667. The molecule has 0 fully saturated rings. The molecule has 0 spiro atoms. The number of hydrogen-bond donors (Lipinski definition) is 2. The van der Waals surface area contributed by atoms with Crippen molar-refractivity contribution in [3.05, 3.63) is 64.2 Å². The van der Waals surface area contributed by atoms with Crippen LogP contribution >= 0.6 is 0 Å². The van der Waals surface area contributed by atoms with Gasteiger partial charge in [0.15, 0.2) is 0 Å². The molecule has 0 aliphatic rings. The number of rotatable bonds is 2. The first-order valence-electron chi connectivity index (χ1n) is 6.19. The molecule has 1 aromatic carbocycles. The van der Waals surface area contributed by atoms with Gasteiger partial charge in [0, 0.05) is 17.3 Å². The molecule has 0 saturated carbocycles. The van der Waals surface area contributed by atoms with Crippen molar-refractivity contribution in [1.29, 1.82) is 0 Å². The van der Waals surface area contributed by atoms with Gasteiger partial charge in [0.2, 0.25) is 0 Å². The summed E-state index contributed by atoms with van der Waals surface area (Å²) in [4.78, 5) is 26.3. The van der Waals surface area contributed by atoms with Gasteiger partial charge < -0.3 is 15.3 Å². The summed E-state index contributed by atoms with van der Waals surface area (Å²) in [6.45, 7) is 1.78. The molecule has 0 aliphatic carbocycles. The SMILES string of the molecule is Cc1c(C(N)=O)c2ccccc2n1-c1ccc[nH]c1=O. The second-order valence-corrected chi connectivity index (χ2v) is 4.56. The number of fused-ring (bicyclic) bond motifs is 1. The van der Waals surface area contributed by atoms with Crippen LogP contribution in [0.25, 0.3) is 16.6 Å². The highest BCUT2D eigenvalue weighted by Gasteiger charge is 2.19. The van der Waals surface area contributed by atoms with E-state index in [1.165, 1.54) is 0 Å². The minimum atomic E-state index is -0.496. The molecule has 5 nitrogen and oxygen atoms in total. The first-order chi connectivity index (χ1) is 9.61. The number of para-hydroxylation sites is 1. The van der Waals surface area contributed by atoms with Crippen molar-refractivity contribution >= 4 is 16.8 Å². The summed E-state index contributed by atoms with van der Waals surface area (Å²) in [6.07, 6.45) is 1.57. The van der Waals surface area contributed by atoms with E-state index in [1.54, 1.807) is 29.8 Å². The first kappa shape index (κ1) is 12.2. The third kappa shape index (κ3) is 1.64. The van der Waals surface area contributed by atoms with Crippen LogP contribution in [0.5, 0.6) is 0 Å². The molecule has 2 aromatic heterocycles. The fourth-order valence-corrected chi connectivity index (χ4v) is 2.58. The molecule has 20 heavy (non-hydrogen) atoms. The number of primary amides is 1. The van der Waals surface area contributed by atoms with Crippen molar-refractivity contribution in [3.8, 4) is 5.69 Å². The molecule has 0 radical (unpaired) electrons. The van der Waals surface area contributed by atoms with E-state index in [9.17, 15) is 9.59 Å². The van der Waals surface area contributed by atoms with E-state index in [4.69, 9.17) is 5.73 Å². The first-order valence-corrected chi connectivity index (χ1v) is 6.19. The predicted molar refractivity (Wildman–Crippen MR) is 77.2 cm³/mol. The van der Waals surface area contributed by atoms with Gasteiger partial charge in [-0.2, -0.15) is 0 Å². The lowest BCUT2D eigenvalue weighted by Gasteiger charge is -2.06. The highest BCUT2D eigenvalue weighted by atomic mass is 16.1. The molecule has 3 N–H and O–H groups in total. The van der Waals surface area contributed by atoms with Crippen molar-refractivity contribution in [2.24, 2.45) is 5.73 Å². The molecular weight excluding hydrogens is 254 g/mol. The standard InChI is InChI=1S/C15H13N3O2/c1-9-13(14(16)19)10-5-2-3-6-11(10)18(9)12-7-4-8-17-15(12)20/h2-8H,1H3,(H2,16,19)(H,17,20). The fourth-order valence-electron chi connectivity index (χ4n) is 2.58. The van der Waals surface area contributed by atoms with Crippen molar-refractivity contribution in [1.82, 2.24) is 9.55 Å². The Morgan fingerprint density at radius 3 is 2.65 bits per heavy atom. The molecule has 0 atom stereocenters. The van der Waals surface area contributed by atoms with Gasteiger partial charge in [-0.25, -0.2) is 0 Å². The van der Waals surface area contributed by atoms with E-state index in [2.05, 4.69) is 4.98 Å². The third-order valence-corrected chi connectivity index (χ3v) is 3.40. The largest absolute Gasteiger partial charge is 0.366 e. The zero-order valence-corrected chi connectivity index (χ0v) is 10.9. The van der Waals surface area contributed by atoms with Crippen molar-refractivity contribution in [3.63, 3.8) is 0 Å². The maximum atomic E-state index is 12.0. The number of aromatic amines is 1. The summed E-state index contributed by atoms with van der Waals surface area (Å²) >= 11 is 0. The van der Waals surface area contributed by atoms with Gasteiger partial charge in [-0.3, -0.25) is 9.59 Å². The van der Waals surface area contributed by atoms with Gasteiger partial charge in [-0.1, -0.05) is 18.2 Å². The Labute approximate surface area is 114 Å². The number of nitrogens with zero attached hydrogens (tertiary/aromatic N) is 1. The van der Waals surface area contributed by atoms with Crippen molar-refractivity contribution < 1.29 is 4.79 Å². The smallest absolute Gasteiger partial charge is 0.272 e. The van der Waals surface area contributed by atoms with Gasteiger partial charge >= 0.3 is 0 Å². The maximum absolute atomic E-state index is 12.0. The predicted octanol–water partition coefficient (Wildman–Crippen LogP) is 1.73. The van der Waals surface area contributed by atoms with Crippen LogP contribution in [-0.4, -0.2) is 15.5 Å². The lowest BCUT2D eigenvalue weighted by molar-refractivity contribution is 0.100. The van der Waals surface area contributed by atoms with Gasteiger partial charge in [0.25, 0.3) is 11.5 Å². The Balaban J connectivity index is 2.49. The van der Waals surface area contributed by atoms with Crippen LogP contribution in [0, 0.1) is 6.92 Å². The molecule has 1 amide bonds. The lowest BCUT2D eigenvalue weighted by Crippen LogP contribution is -2.16. The highest BCUT2D eigenvalue weighted by molar-refractivity contribution is 6.08. The van der Waals surface area contributed by atoms with E-state index < -0.39 is 5.91 Å². The number of amides is 1. The molecular formula is C15H13N3O2. The van der Waals surface area contributed by atoms with Crippen LogP contribution in [0.15, 0.2) is 47.4 Å². The zero-order valence-electron chi connectivity index (χ0n) is 10.9. The van der Waals surface area contributed by atoms with Gasteiger partial charge in [0.1, 0.15) is 5.69 Å². The second kappa shape index (κ2) is 4.38. The highest BCUT2D eigenvalue weighted by Crippen LogP contribution is 2.27. The Bertz CT molecular complexity index is 874. The molecule has 5 heteroatoms. The zero-order chi connectivity index (χ0) is 14.3. The topological polar surface area (TPSA) is 80.9 Å². The van der Waals surface area contributed by atoms with Gasteiger partial charge in [0.05, 0.1) is 11.1 Å². The number of carbonyl (C=O) groups is 1. The monoisotopic (exact) mass is 267 g/mol. The third-order valence-electron chi connectivity index (χ3n) is 3.40. The summed E-state index contributed by atoms with van der Waals surface area (Å²) in [7, 11) is 0. The summed E-state index contributed by atoms with van der Waals surface area (Å²) in [5, 5.41) is 0.751. The number of nitrogens with one attached hydrogen (secondary N) is 1. The molecule has 100 valence electrons. The summed E-state index contributed by atoms with van der Waals surface area (Å²) in [5.74, 6) is -0.496. The molecule has 0 bridgehead atoms. The number of aromatic nitrogens is 2. The molecule has 0 saturated heterocycles. The van der Waals surface area contributed by atoms with Crippen molar-refractivity contribution in [2.75, 3.05) is 0 Å². The Morgan fingerprint density at radius 1 is 1.20 bits per heavy atom. The molecule has 0 unspecified atom stereocenters. The number of pyridine rings is 1. The Kier molecular flexibility index (Phi) is 2.68. The summed E-state index contributed by atoms with van der Waals surface area (Å²) in [6, 6.07) is 10.9. The molecule has 0 aliphatic heterocycles. The summed E-state index contributed by atoms with van der Waals surface area (Å²) in [5.41, 5.74) is 7.62. The van der Waals surface area contributed by atoms with Crippen LogP contribution in [0.2, 0.25) is 0 Å². The quantitative estimate of drug-likeness (QED) is 0.741. The van der Waals surface area contributed by atoms with Crippen LogP contribution in [-0.2, 0) is 0 Å². The Hall–Kier alpha value is -2.82. The number of carbonyl (C=O) groups excluding carboxylic acids is 1. The van der Waals surface area contributed by atoms with E-state index >= 15 is 0 Å². The Morgan fingerprint density at radius 2 is 1.95 bits per heavy atom. The van der Waals surface area contributed by atoms with Gasteiger partial charge in [-0.05, 0) is 25.1 Å². The van der Waals surface area contributed by atoms with E-state index in [1.807, 2.05) is 24.3 Å². The molecule has 3 aromatic rings. The van der Waals surface area contributed by atoms with Crippen molar-refractivity contribution in [2.45, 2.75) is 6.92 Å². The van der Waals surface area contributed by atoms with Crippen LogP contribution in [0.3, 0.4) is 0 Å². The average molecular weight is 267 g/mol. The van der Waals surface area contributed by atoms with E-state index in [0.717, 1.165) is 10.9 Å². The van der Waals surface area contributed by atoms with Crippen LogP contribution in [0.1, 0.15) is 16.1 Å². The normalized spacial score (nSPS) is 10.8. The minimum Gasteiger partial charge on any atom is -0.366 e. The summed E-state index contributed by atoms with van der Waals surface area (Å²) < 4.78 is 1.76. The van der Waals surface area contributed by atoms with Crippen LogP contribution in [0.4, 0.5) is 0 Å². The second-order valence-electron chi connectivity index (χ2n) is 4.56. The average Bonchev–Trinajstić information content (AvgIpc) is 2.71. The molecule has 2 heterocycles. The maximum Gasteiger partial charge on any atom is 0.272 e. The van der Waals surface area contributed by atoms with Crippen LogP contribution < -0.4 is 11.3 Å². The molecule has 3 rings (SSSR count). The van der Waals surface area contributed by atoms with E-state index in [-0.39, 0.29) is 5.56 Å². The lowest BCUT2D eigenvalue weighted by atomic mass is 10.1. The number of benzene rings is 1. The minimum absolute atomic E-state index is 0.215. The van der Waals surface area contributed by atoms with Gasteiger partial charge in [-0.15, -0.1) is 0 Å². The number of hydrogen-bond acceptors (Lipinski definition) is 2.